The summed E-state index contributed by atoms with van der Waals surface area (Å²) in [6, 6.07) is 13.7. The predicted octanol–water partition coefficient (Wildman–Crippen LogP) is 4.15. The highest BCUT2D eigenvalue weighted by Crippen LogP contribution is 2.32. The zero-order valence-electron chi connectivity index (χ0n) is 16.6. The summed E-state index contributed by atoms with van der Waals surface area (Å²) in [5, 5.41) is 0. The first-order valence-corrected chi connectivity index (χ1v) is 11.0. The van der Waals surface area contributed by atoms with Crippen LogP contribution in [0.25, 0.3) is 0 Å². The number of carbonyl (C=O) groups is 2. The molecule has 4 rings (SSSR count). The SMILES string of the molecule is O=C(C1CCN(c2ccccc2Br)C1=O)N(Cc1cccc(F)c1)CC1CCCO1. The van der Waals surface area contributed by atoms with Crippen LogP contribution in [0, 0.1) is 11.7 Å². The van der Waals surface area contributed by atoms with Gasteiger partial charge in [-0.3, -0.25) is 9.59 Å². The second-order valence-electron chi connectivity index (χ2n) is 7.77. The Morgan fingerprint density at radius 3 is 2.77 bits per heavy atom. The van der Waals surface area contributed by atoms with Crippen molar-refractivity contribution in [3.8, 4) is 0 Å². The highest BCUT2D eigenvalue weighted by molar-refractivity contribution is 9.10. The molecule has 2 atom stereocenters. The largest absolute Gasteiger partial charge is 0.376 e. The molecular formula is C23H24BrFN2O3. The molecule has 2 amide bonds. The third-order valence-electron chi connectivity index (χ3n) is 5.67. The fraction of sp³-hybridized carbons (Fsp3) is 0.391. The Morgan fingerprint density at radius 1 is 1.20 bits per heavy atom. The second-order valence-corrected chi connectivity index (χ2v) is 8.62. The first-order valence-electron chi connectivity index (χ1n) is 10.2. The Bertz CT molecular complexity index is 932. The van der Waals surface area contributed by atoms with E-state index in [9.17, 15) is 14.0 Å². The summed E-state index contributed by atoms with van der Waals surface area (Å²) in [6.45, 7) is 1.85. The lowest BCUT2D eigenvalue weighted by atomic mass is 10.0. The standard InChI is InChI=1S/C23H24BrFN2O3/c24-20-8-1-2-9-21(20)27-11-10-19(23(27)29)22(28)26(15-18-7-4-12-30-18)14-16-5-3-6-17(25)13-16/h1-3,5-6,8-9,13,18-19H,4,7,10-12,14-15H2. The summed E-state index contributed by atoms with van der Waals surface area (Å²) in [7, 11) is 0. The molecule has 0 bridgehead atoms. The van der Waals surface area contributed by atoms with Crippen molar-refractivity contribution in [2.75, 3.05) is 24.6 Å². The number of anilines is 1. The number of halogens is 2. The minimum absolute atomic E-state index is 0.0432. The van der Waals surface area contributed by atoms with E-state index in [0.717, 1.165) is 23.0 Å². The van der Waals surface area contributed by atoms with Crippen LogP contribution >= 0.6 is 15.9 Å². The van der Waals surface area contributed by atoms with Gasteiger partial charge in [0.25, 0.3) is 0 Å². The number of ether oxygens (including phenoxy) is 1. The lowest BCUT2D eigenvalue weighted by molar-refractivity contribution is -0.141. The van der Waals surface area contributed by atoms with Gasteiger partial charge in [0.05, 0.1) is 11.8 Å². The Hall–Kier alpha value is -2.25. The van der Waals surface area contributed by atoms with E-state index in [2.05, 4.69) is 15.9 Å². The molecule has 2 aromatic rings. The molecule has 2 fully saturated rings. The molecule has 158 valence electrons. The number of hydrogen-bond donors (Lipinski definition) is 0. The molecule has 30 heavy (non-hydrogen) atoms. The molecule has 0 N–H and O–H groups in total. The fourth-order valence-corrected chi connectivity index (χ4v) is 4.66. The zero-order valence-corrected chi connectivity index (χ0v) is 18.2. The quantitative estimate of drug-likeness (QED) is 0.590. The van der Waals surface area contributed by atoms with Crippen molar-refractivity contribution in [1.29, 1.82) is 0 Å². The average molecular weight is 475 g/mol. The van der Waals surface area contributed by atoms with Gasteiger partial charge in [-0.15, -0.1) is 0 Å². The maximum Gasteiger partial charge on any atom is 0.239 e. The van der Waals surface area contributed by atoms with Crippen molar-refractivity contribution in [1.82, 2.24) is 4.90 Å². The number of carbonyl (C=O) groups excluding carboxylic acids is 2. The van der Waals surface area contributed by atoms with E-state index in [1.54, 1.807) is 21.9 Å². The lowest BCUT2D eigenvalue weighted by Gasteiger charge is -2.28. The molecular weight excluding hydrogens is 451 g/mol. The topological polar surface area (TPSA) is 49.9 Å². The van der Waals surface area contributed by atoms with Crippen LogP contribution in [0.15, 0.2) is 53.0 Å². The minimum Gasteiger partial charge on any atom is -0.376 e. The van der Waals surface area contributed by atoms with Gasteiger partial charge in [-0.2, -0.15) is 0 Å². The van der Waals surface area contributed by atoms with E-state index in [-0.39, 0.29) is 30.3 Å². The lowest BCUT2D eigenvalue weighted by Crippen LogP contribution is -2.43. The molecule has 2 heterocycles. The van der Waals surface area contributed by atoms with Crippen LogP contribution in [-0.2, 0) is 20.9 Å². The van der Waals surface area contributed by atoms with Gasteiger partial charge in [-0.05, 0) is 65.0 Å². The van der Waals surface area contributed by atoms with Gasteiger partial charge in [0.15, 0.2) is 0 Å². The van der Waals surface area contributed by atoms with Gasteiger partial charge >= 0.3 is 0 Å². The number of hydrogen-bond acceptors (Lipinski definition) is 3. The molecule has 0 spiro atoms. The monoisotopic (exact) mass is 474 g/mol. The van der Waals surface area contributed by atoms with Gasteiger partial charge in [0.1, 0.15) is 11.7 Å². The number of rotatable bonds is 6. The van der Waals surface area contributed by atoms with Crippen LogP contribution in [0.3, 0.4) is 0 Å². The molecule has 2 unspecified atom stereocenters. The van der Waals surface area contributed by atoms with Crippen molar-refractivity contribution in [2.45, 2.75) is 31.9 Å². The van der Waals surface area contributed by atoms with E-state index < -0.39 is 5.92 Å². The Balaban J connectivity index is 1.53. The molecule has 0 saturated carbocycles. The third-order valence-corrected chi connectivity index (χ3v) is 6.34. The summed E-state index contributed by atoms with van der Waals surface area (Å²) in [4.78, 5) is 29.9. The Labute approximate surface area is 183 Å². The first-order chi connectivity index (χ1) is 14.5. The van der Waals surface area contributed by atoms with Crippen LogP contribution in [0.1, 0.15) is 24.8 Å². The molecule has 2 aliphatic rings. The number of benzene rings is 2. The molecule has 7 heteroatoms. The van der Waals surface area contributed by atoms with E-state index in [4.69, 9.17) is 4.74 Å². The van der Waals surface area contributed by atoms with Gasteiger partial charge in [0, 0.05) is 30.7 Å². The Morgan fingerprint density at radius 2 is 2.03 bits per heavy atom. The van der Waals surface area contributed by atoms with Crippen LogP contribution in [0.4, 0.5) is 10.1 Å². The van der Waals surface area contributed by atoms with Gasteiger partial charge in [-0.25, -0.2) is 4.39 Å². The van der Waals surface area contributed by atoms with Gasteiger partial charge in [-0.1, -0.05) is 24.3 Å². The third kappa shape index (κ3) is 4.57. The number of nitrogens with zero attached hydrogens (tertiary/aromatic N) is 2. The summed E-state index contributed by atoms with van der Waals surface area (Å²) in [6.07, 6.45) is 2.27. The molecule has 2 aliphatic heterocycles. The zero-order chi connectivity index (χ0) is 21.1. The van der Waals surface area contributed by atoms with Crippen molar-refractivity contribution in [2.24, 2.45) is 5.92 Å². The van der Waals surface area contributed by atoms with E-state index in [0.29, 0.717) is 31.7 Å². The normalized spacial score (nSPS) is 21.3. The van der Waals surface area contributed by atoms with E-state index >= 15 is 0 Å². The van der Waals surface area contributed by atoms with Crippen LogP contribution in [-0.4, -0.2) is 42.5 Å². The second kappa shape index (κ2) is 9.27. The van der Waals surface area contributed by atoms with E-state index in [1.807, 2.05) is 24.3 Å². The van der Waals surface area contributed by atoms with Crippen LogP contribution in [0.5, 0.6) is 0 Å². The number of para-hydroxylation sites is 1. The fourth-order valence-electron chi connectivity index (χ4n) is 4.16. The summed E-state index contributed by atoms with van der Waals surface area (Å²) < 4.78 is 20.2. The minimum atomic E-state index is -0.730. The van der Waals surface area contributed by atoms with Crippen molar-refractivity contribution in [3.63, 3.8) is 0 Å². The molecule has 0 radical (unpaired) electrons. The molecule has 5 nitrogen and oxygen atoms in total. The summed E-state index contributed by atoms with van der Waals surface area (Å²) in [5.74, 6) is -1.47. The maximum absolute atomic E-state index is 13.7. The van der Waals surface area contributed by atoms with Crippen LogP contribution < -0.4 is 4.90 Å². The molecule has 0 aliphatic carbocycles. The smallest absolute Gasteiger partial charge is 0.239 e. The summed E-state index contributed by atoms with van der Waals surface area (Å²) >= 11 is 3.49. The van der Waals surface area contributed by atoms with Crippen molar-refractivity contribution in [3.05, 3.63) is 64.4 Å². The first kappa shape index (κ1) is 21.0. The highest BCUT2D eigenvalue weighted by atomic mass is 79.9. The summed E-state index contributed by atoms with van der Waals surface area (Å²) in [5.41, 5.74) is 1.48. The van der Waals surface area contributed by atoms with Gasteiger partial charge < -0.3 is 14.5 Å². The predicted molar refractivity (Wildman–Crippen MR) is 115 cm³/mol. The van der Waals surface area contributed by atoms with Crippen molar-refractivity contribution >= 4 is 33.4 Å². The molecule has 0 aromatic heterocycles. The molecule has 2 saturated heterocycles. The maximum atomic E-state index is 13.7. The van der Waals surface area contributed by atoms with Crippen LogP contribution in [0.2, 0.25) is 0 Å². The molecule has 2 aromatic carbocycles. The highest BCUT2D eigenvalue weighted by Gasteiger charge is 2.40. The Kier molecular flexibility index (Phi) is 6.49. The number of amides is 2. The average Bonchev–Trinajstić information content (AvgIpc) is 3.37. The van der Waals surface area contributed by atoms with Gasteiger partial charge in [0.2, 0.25) is 11.8 Å². The van der Waals surface area contributed by atoms with E-state index in [1.165, 1.54) is 12.1 Å². The van der Waals surface area contributed by atoms with Crippen molar-refractivity contribution < 1.29 is 18.7 Å².